The van der Waals surface area contributed by atoms with E-state index < -0.39 is 0 Å². The Balaban J connectivity index is 2.79. The largest absolute Gasteiger partial charge is 0.385 e. The highest BCUT2D eigenvalue weighted by Crippen LogP contribution is 2.50. The van der Waals surface area contributed by atoms with Gasteiger partial charge in [-0.15, -0.1) is 0 Å². The fraction of sp³-hybridized carbons (Fsp3) is 0.750. The van der Waals surface area contributed by atoms with Gasteiger partial charge in [-0.3, -0.25) is 5.42 Å². The number of nitrogens with zero attached hydrogens (tertiary/aromatic N) is 1. The number of hydrogen-bond acceptors (Lipinski definition) is 3. The number of amidine groups is 1. The third-order valence-electron chi connectivity index (χ3n) is 5.30. The molecule has 23 heavy (non-hydrogen) atoms. The molecule has 0 aromatic rings. The fourth-order valence-electron chi connectivity index (χ4n) is 4.62. The van der Waals surface area contributed by atoms with Gasteiger partial charge in [0, 0.05) is 6.42 Å². The summed E-state index contributed by atoms with van der Waals surface area (Å²) in [6.45, 7) is 18.4. The molecule has 0 bridgehead atoms. The molecular weight excluding hydrogens is 282 g/mol. The van der Waals surface area contributed by atoms with Gasteiger partial charge in [-0.2, -0.15) is 5.10 Å². The first kappa shape index (κ1) is 16.6. The molecule has 3 nitrogen and oxygen atoms in total. The minimum Gasteiger partial charge on any atom is -0.385 e. The maximum absolute atomic E-state index is 8.46. The molecule has 2 rings (SSSR count). The van der Waals surface area contributed by atoms with Gasteiger partial charge in [-0.1, -0.05) is 61.0 Å². The Bertz CT molecular complexity index is 582. The van der Waals surface area contributed by atoms with E-state index in [0.29, 0.717) is 47.8 Å². The number of hydrazone groups is 1. The van der Waals surface area contributed by atoms with Gasteiger partial charge in [0.2, 0.25) is 0 Å². The van der Waals surface area contributed by atoms with Crippen molar-refractivity contribution in [3.8, 4) is 0 Å². The molecule has 0 aromatic carbocycles. The third-order valence-corrected chi connectivity index (χ3v) is 5.30. The van der Waals surface area contributed by atoms with Gasteiger partial charge in [0.15, 0.2) is 1.41 Å². The van der Waals surface area contributed by atoms with Gasteiger partial charge in [0.05, 0.1) is 5.70 Å². The average molecular weight is 319 g/mol. The van der Waals surface area contributed by atoms with E-state index in [1.165, 1.54) is 22.1 Å². The van der Waals surface area contributed by atoms with Crippen molar-refractivity contribution in [2.45, 2.75) is 61.8 Å². The summed E-state index contributed by atoms with van der Waals surface area (Å²) in [6, 6.07) is 0. The van der Waals surface area contributed by atoms with Crippen LogP contribution in [-0.2, 0) is 0 Å². The van der Waals surface area contributed by atoms with Crippen LogP contribution in [0.4, 0.5) is 0 Å². The molecular formula is C20H35N3. The first-order chi connectivity index (χ1) is 11.1. The minimum absolute atomic E-state index is 0.379. The molecule has 0 saturated carbocycles. The van der Waals surface area contributed by atoms with Gasteiger partial charge in [0.1, 0.15) is 5.84 Å². The summed E-state index contributed by atoms with van der Waals surface area (Å²) < 4.78 is 8.46. The van der Waals surface area contributed by atoms with Crippen LogP contribution in [0.2, 0.25) is 1.41 Å². The van der Waals surface area contributed by atoms with Crippen molar-refractivity contribution in [1.82, 2.24) is 5.42 Å². The highest BCUT2D eigenvalue weighted by atomic mass is 15.3. The zero-order valence-corrected chi connectivity index (χ0v) is 16.1. The first-order valence-electron chi connectivity index (χ1n) is 9.61. The number of nitrogens with one attached hydrogen (secondary N) is 1. The van der Waals surface area contributed by atoms with Crippen molar-refractivity contribution >= 4 is 5.84 Å². The summed E-state index contributed by atoms with van der Waals surface area (Å²) in [7, 11) is 0. The second kappa shape index (κ2) is 6.70. The van der Waals surface area contributed by atoms with E-state index in [0.717, 1.165) is 5.70 Å². The standard InChI is InChI=1S/C20H35N3/c1-10(2)16-14-9-15(21)22-23-20(14)19(13(7)8)18(12(5)6)17(16)11(3)4/h10-13,16-17,23H,9H2,1-8H3,(H2,21,22)/i/hD. The topological polar surface area (TPSA) is 50.4 Å². The molecule has 3 heteroatoms. The SMILES string of the molecule is [2H]N1N=C(N)CC2=C1C(C(C)C)=C(C(C)C)C(C(C)C)C2C(C)C. The van der Waals surface area contributed by atoms with Crippen LogP contribution in [0.5, 0.6) is 0 Å². The van der Waals surface area contributed by atoms with E-state index >= 15 is 0 Å². The van der Waals surface area contributed by atoms with E-state index in [9.17, 15) is 0 Å². The van der Waals surface area contributed by atoms with Crippen LogP contribution in [0.1, 0.15) is 61.8 Å². The summed E-state index contributed by atoms with van der Waals surface area (Å²) in [4.78, 5) is 0. The Morgan fingerprint density at radius 2 is 1.57 bits per heavy atom. The van der Waals surface area contributed by atoms with Crippen LogP contribution < -0.4 is 11.2 Å². The zero-order chi connectivity index (χ0) is 18.3. The van der Waals surface area contributed by atoms with E-state index in [1.54, 1.807) is 0 Å². The van der Waals surface area contributed by atoms with Gasteiger partial charge >= 0.3 is 0 Å². The molecule has 3 N–H and O–H groups in total. The molecule has 0 radical (unpaired) electrons. The van der Waals surface area contributed by atoms with E-state index in [1.807, 2.05) is 0 Å². The Hall–Kier alpha value is -1.25. The molecule has 0 aromatic heterocycles. The second-order valence-electron chi connectivity index (χ2n) is 8.46. The van der Waals surface area contributed by atoms with Crippen LogP contribution >= 0.6 is 0 Å². The van der Waals surface area contributed by atoms with E-state index in [4.69, 9.17) is 7.15 Å². The summed E-state index contributed by atoms with van der Waals surface area (Å²) in [5.41, 5.74) is 12.6. The van der Waals surface area contributed by atoms with Crippen LogP contribution in [-0.4, -0.2) is 5.84 Å². The lowest BCUT2D eigenvalue weighted by molar-refractivity contribution is 0.239. The smallest absolute Gasteiger partial charge is 0.190 e. The van der Waals surface area contributed by atoms with Gasteiger partial charge in [-0.05, 0) is 46.7 Å². The van der Waals surface area contributed by atoms with Crippen LogP contribution in [0.3, 0.4) is 0 Å². The average Bonchev–Trinajstić information content (AvgIpc) is 2.43. The van der Waals surface area contributed by atoms with Crippen LogP contribution in [0.25, 0.3) is 0 Å². The van der Waals surface area contributed by atoms with Crippen LogP contribution in [0.15, 0.2) is 27.5 Å². The maximum atomic E-state index is 8.46. The third kappa shape index (κ3) is 3.20. The summed E-state index contributed by atoms with van der Waals surface area (Å²) in [6.07, 6.45) is 0.707. The van der Waals surface area contributed by atoms with Crippen LogP contribution in [0, 0.1) is 35.5 Å². The molecule has 2 aliphatic rings. The van der Waals surface area contributed by atoms with Gasteiger partial charge < -0.3 is 5.73 Å². The predicted molar refractivity (Wildman–Crippen MR) is 99.8 cm³/mol. The Kier molecular flexibility index (Phi) is 4.84. The van der Waals surface area contributed by atoms with Crippen molar-refractivity contribution in [3.05, 3.63) is 22.4 Å². The zero-order valence-electron chi connectivity index (χ0n) is 17.1. The molecule has 1 aliphatic carbocycles. The highest BCUT2D eigenvalue weighted by Gasteiger charge is 2.42. The van der Waals surface area contributed by atoms with Crippen molar-refractivity contribution in [2.75, 3.05) is 0 Å². The molecule has 0 spiro atoms. The maximum Gasteiger partial charge on any atom is 0.190 e. The molecule has 1 heterocycles. The highest BCUT2D eigenvalue weighted by molar-refractivity contribution is 5.84. The van der Waals surface area contributed by atoms with Crippen molar-refractivity contribution < 1.29 is 1.41 Å². The summed E-state index contributed by atoms with van der Waals surface area (Å²) in [5.74, 6) is 3.45. The van der Waals surface area contributed by atoms with E-state index in [2.05, 4.69) is 60.5 Å². The molecule has 0 amide bonds. The number of allylic oxidation sites excluding steroid dienone is 2. The Morgan fingerprint density at radius 1 is 1.00 bits per heavy atom. The number of hydrogen-bond donors (Lipinski definition) is 2. The van der Waals surface area contributed by atoms with Crippen molar-refractivity contribution in [3.63, 3.8) is 0 Å². The Morgan fingerprint density at radius 3 is 2.00 bits per heavy atom. The number of nitrogens with two attached hydrogens (primary N) is 1. The van der Waals surface area contributed by atoms with E-state index in [-0.39, 0.29) is 0 Å². The van der Waals surface area contributed by atoms with Crippen molar-refractivity contribution in [1.29, 1.82) is 0 Å². The summed E-state index contributed by atoms with van der Waals surface area (Å²) in [5, 5.41) is 4.26. The molecule has 2 unspecified atom stereocenters. The number of rotatable bonds is 4. The molecule has 1 aliphatic heterocycles. The monoisotopic (exact) mass is 318 g/mol. The van der Waals surface area contributed by atoms with Gasteiger partial charge in [-0.25, -0.2) is 0 Å². The molecule has 130 valence electrons. The van der Waals surface area contributed by atoms with Crippen molar-refractivity contribution in [2.24, 2.45) is 46.3 Å². The quantitative estimate of drug-likeness (QED) is 0.791. The molecule has 0 fully saturated rings. The lowest BCUT2D eigenvalue weighted by atomic mass is 9.61. The molecule has 0 saturated heterocycles. The first-order valence-corrected chi connectivity index (χ1v) is 9.17. The Labute approximate surface area is 144 Å². The predicted octanol–water partition coefficient (Wildman–Crippen LogP) is 4.67. The second-order valence-corrected chi connectivity index (χ2v) is 8.46. The normalized spacial score (nSPS) is 26.5. The minimum atomic E-state index is 0.379. The summed E-state index contributed by atoms with van der Waals surface area (Å²) >= 11 is 0. The lowest BCUT2D eigenvalue weighted by Gasteiger charge is -2.46. The lowest BCUT2D eigenvalue weighted by Crippen LogP contribution is -2.41. The van der Waals surface area contributed by atoms with Gasteiger partial charge in [0.25, 0.3) is 0 Å². The molecule has 2 atom stereocenters. The fourth-order valence-corrected chi connectivity index (χ4v) is 4.62.